The van der Waals surface area contributed by atoms with Crippen LogP contribution < -0.4 is 10.6 Å². The number of hydrogen-bond donors (Lipinski definition) is 2. The topological polar surface area (TPSA) is 49.8 Å². The third-order valence-electron chi connectivity index (χ3n) is 3.03. The summed E-state index contributed by atoms with van der Waals surface area (Å²) in [5.74, 6) is 1.64. The van der Waals surface area contributed by atoms with Crippen LogP contribution >= 0.6 is 0 Å². The van der Waals surface area contributed by atoms with Gasteiger partial charge in [0.1, 0.15) is 18.0 Å². The minimum absolute atomic E-state index is 0.348. The highest BCUT2D eigenvalue weighted by Gasteiger charge is 2.06. The smallest absolute Gasteiger partial charge is 0.135 e. The summed E-state index contributed by atoms with van der Waals surface area (Å²) in [7, 11) is 0. The Hall–Kier alpha value is -2.10. The Bertz CT molecular complexity index is 582. The minimum atomic E-state index is 0.348. The van der Waals surface area contributed by atoms with E-state index in [1.807, 2.05) is 6.07 Å². The van der Waals surface area contributed by atoms with Crippen molar-refractivity contribution in [1.29, 1.82) is 0 Å². The van der Waals surface area contributed by atoms with Gasteiger partial charge in [-0.2, -0.15) is 0 Å². The fourth-order valence-electron chi connectivity index (χ4n) is 2.31. The maximum Gasteiger partial charge on any atom is 0.135 e. The second-order valence-electron chi connectivity index (χ2n) is 5.49. The van der Waals surface area contributed by atoms with Gasteiger partial charge < -0.3 is 10.6 Å². The van der Waals surface area contributed by atoms with Crippen LogP contribution in [0.25, 0.3) is 0 Å². The van der Waals surface area contributed by atoms with Crippen LogP contribution in [0.3, 0.4) is 0 Å². The molecule has 4 nitrogen and oxygen atoms in total. The fourth-order valence-corrected chi connectivity index (χ4v) is 2.31. The van der Waals surface area contributed by atoms with Gasteiger partial charge in [-0.3, -0.25) is 0 Å². The Balaban J connectivity index is 2.26. The molecule has 0 aliphatic carbocycles. The number of nitrogens with zero attached hydrogens (tertiary/aromatic N) is 2. The number of benzene rings is 1. The highest BCUT2D eigenvalue weighted by atomic mass is 15.1. The molecule has 106 valence electrons. The summed E-state index contributed by atoms with van der Waals surface area (Å²) in [6.45, 7) is 10.5. The Kier molecular flexibility index (Phi) is 4.23. The average Bonchev–Trinajstić information content (AvgIpc) is 2.33. The Morgan fingerprint density at radius 1 is 0.900 bits per heavy atom. The summed E-state index contributed by atoms with van der Waals surface area (Å²) in [5.41, 5.74) is 4.83. The molecule has 2 N–H and O–H groups in total. The van der Waals surface area contributed by atoms with Gasteiger partial charge in [0.25, 0.3) is 0 Å². The van der Waals surface area contributed by atoms with E-state index in [2.05, 4.69) is 67.4 Å². The number of rotatable bonds is 4. The Labute approximate surface area is 120 Å². The monoisotopic (exact) mass is 270 g/mol. The first kappa shape index (κ1) is 14.3. The lowest BCUT2D eigenvalue weighted by Crippen LogP contribution is -2.11. The molecule has 0 aliphatic heterocycles. The molecule has 0 spiro atoms. The quantitative estimate of drug-likeness (QED) is 0.882. The van der Waals surface area contributed by atoms with E-state index in [9.17, 15) is 0 Å². The summed E-state index contributed by atoms with van der Waals surface area (Å²) in [5, 5.41) is 6.67. The van der Waals surface area contributed by atoms with Crippen LogP contribution in [0.5, 0.6) is 0 Å². The predicted octanol–water partition coefficient (Wildman–Crippen LogP) is 3.97. The zero-order chi connectivity index (χ0) is 14.7. The van der Waals surface area contributed by atoms with Gasteiger partial charge in [-0.1, -0.05) is 17.7 Å². The van der Waals surface area contributed by atoms with Crippen LogP contribution in [0.15, 0.2) is 24.5 Å². The van der Waals surface area contributed by atoms with Gasteiger partial charge in [0.05, 0.1) is 0 Å². The van der Waals surface area contributed by atoms with Crippen molar-refractivity contribution in [2.75, 3.05) is 10.6 Å². The number of aromatic nitrogens is 2. The molecule has 0 amide bonds. The largest absolute Gasteiger partial charge is 0.368 e. The lowest BCUT2D eigenvalue weighted by molar-refractivity contribution is 0.886. The third kappa shape index (κ3) is 3.47. The Morgan fingerprint density at radius 2 is 1.50 bits per heavy atom. The van der Waals surface area contributed by atoms with Gasteiger partial charge in [0, 0.05) is 17.8 Å². The summed E-state index contributed by atoms with van der Waals surface area (Å²) in [6, 6.07) is 6.62. The van der Waals surface area contributed by atoms with Crippen LogP contribution in [0.2, 0.25) is 0 Å². The van der Waals surface area contributed by atoms with Crippen LogP contribution in [-0.2, 0) is 0 Å². The van der Waals surface area contributed by atoms with Crippen molar-refractivity contribution < 1.29 is 0 Å². The molecule has 0 bridgehead atoms. The fraction of sp³-hybridized carbons (Fsp3) is 0.375. The van der Waals surface area contributed by atoms with E-state index in [1.165, 1.54) is 16.7 Å². The number of aryl methyl sites for hydroxylation is 3. The molecule has 0 atom stereocenters. The SMILES string of the molecule is Cc1cc(C)c(Nc2cc(NC(C)C)ncn2)c(C)c1. The zero-order valence-corrected chi connectivity index (χ0v) is 12.8. The summed E-state index contributed by atoms with van der Waals surface area (Å²) in [4.78, 5) is 8.50. The molecule has 0 saturated carbocycles. The molecule has 1 heterocycles. The average molecular weight is 270 g/mol. The second kappa shape index (κ2) is 5.90. The van der Waals surface area contributed by atoms with Gasteiger partial charge in [0.15, 0.2) is 0 Å². The molecule has 1 aromatic carbocycles. The minimum Gasteiger partial charge on any atom is -0.368 e. The molecular weight excluding hydrogens is 248 g/mol. The molecule has 0 unspecified atom stereocenters. The number of nitrogens with one attached hydrogen (secondary N) is 2. The van der Waals surface area contributed by atoms with Gasteiger partial charge in [-0.15, -0.1) is 0 Å². The van der Waals surface area contributed by atoms with Crippen molar-refractivity contribution in [3.8, 4) is 0 Å². The predicted molar refractivity (Wildman–Crippen MR) is 84.7 cm³/mol. The zero-order valence-electron chi connectivity index (χ0n) is 12.8. The first-order valence-electron chi connectivity index (χ1n) is 6.89. The van der Waals surface area contributed by atoms with Gasteiger partial charge >= 0.3 is 0 Å². The van der Waals surface area contributed by atoms with Crippen LogP contribution in [-0.4, -0.2) is 16.0 Å². The molecule has 20 heavy (non-hydrogen) atoms. The molecule has 2 aromatic rings. The molecule has 4 heteroatoms. The van der Waals surface area contributed by atoms with Crippen LogP contribution in [0, 0.1) is 20.8 Å². The van der Waals surface area contributed by atoms with E-state index in [4.69, 9.17) is 0 Å². The number of hydrogen-bond acceptors (Lipinski definition) is 4. The van der Waals surface area contributed by atoms with Crippen LogP contribution in [0.1, 0.15) is 30.5 Å². The van der Waals surface area contributed by atoms with Gasteiger partial charge in [0.2, 0.25) is 0 Å². The summed E-state index contributed by atoms with van der Waals surface area (Å²) < 4.78 is 0. The molecule has 0 fully saturated rings. The van der Waals surface area contributed by atoms with Crippen molar-refractivity contribution in [3.05, 3.63) is 41.2 Å². The van der Waals surface area contributed by atoms with E-state index in [1.54, 1.807) is 6.33 Å². The third-order valence-corrected chi connectivity index (χ3v) is 3.03. The first-order chi connectivity index (χ1) is 9.45. The maximum atomic E-state index is 4.28. The van der Waals surface area contributed by atoms with Crippen molar-refractivity contribution in [1.82, 2.24) is 9.97 Å². The first-order valence-corrected chi connectivity index (χ1v) is 6.89. The Morgan fingerprint density at radius 3 is 2.10 bits per heavy atom. The van der Waals surface area contributed by atoms with Gasteiger partial charge in [-0.25, -0.2) is 9.97 Å². The molecular formula is C16H22N4. The van der Waals surface area contributed by atoms with Crippen molar-refractivity contribution in [2.24, 2.45) is 0 Å². The molecule has 2 rings (SSSR count). The molecule has 0 saturated heterocycles. The van der Waals surface area contributed by atoms with Gasteiger partial charge in [-0.05, 0) is 45.7 Å². The molecule has 0 radical (unpaired) electrons. The normalized spacial score (nSPS) is 10.7. The van der Waals surface area contributed by atoms with E-state index in [-0.39, 0.29) is 0 Å². The van der Waals surface area contributed by atoms with E-state index in [0.717, 1.165) is 17.3 Å². The van der Waals surface area contributed by atoms with Crippen LogP contribution in [0.4, 0.5) is 17.3 Å². The highest BCUT2D eigenvalue weighted by molar-refractivity contribution is 5.66. The second-order valence-corrected chi connectivity index (χ2v) is 5.49. The summed E-state index contributed by atoms with van der Waals surface area (Å²) in [6.07, 6.45) is 1.58. The van der Waals surface area contributed by atoms with E-state index >= 15 is 0 Å². The number of anilines is 3. The standard InChI is InChI=1S/C16H22N4/c1-10(2)19-14-8-15(18-9-17-14)20-16-12(4)6-11(3)7-13(16)5/h6-10H,1-5H3,(H2,17,18,19,20). The highest BCUT2D eigenvalue weighted by Crippen LogP contribution is 2.25. The summed E-state index contributed by atoms with van der Waals surface area (Å²) >= 11 is 0. The van der Waals surface area contributed by atoms with Crippen molar-refractivity contribution in [2.45, 2.75) is 40.7 Å². The lowest BCUT2D eigenvalue weighted by atomic mass is 10.1. The van der Waals surface area contributed by atoms with E-state index in [0.29, 0.717) is 6.04 Å². The van der Waals surface area contributed by atoms with Crippen molar-refractivity contribution in [3.63, 3.8) is 0 Å². The van der Waals surface area contributed by atoms with Crippen molar-refractivity contribution >= 4 is 17.3 Å². The maximum absolute atomic E-state index is 4.28. The molecule has 1 aromatic heterocycles. The lowest BCUT2D eigenvalue weighted by Gasteiger charge is -2.14. The van der Waals surface area contributed by atoms with E-state index < -0.39 is 0 Å². The molecule has 0 aliphatic rings.